The summed E-state index contributed by atoms with van der Waals surface area (Å²) in [6, 6.07) is 0. The van der Waals surface area contributed by atoms with E-state index >= 15 is 0 Å². The van der Waals surface area contributed by atoms with Crippen molar-refractivity contribution in [3.8, 4) is 0 Å². The smallest absolute Gasteiger partial charge is 0.306 e. The molecule has 0 rings (SSSR count). The first-order valence-corrected chi connectivity index (χ1v) is 27.1. The Morgan fingerprint density at radius 2 is 0.603 bits per heavy atom. The molecule has 0 aromatic rings. The van der Waals surface area contributed by atoms with Crippen molar-refractivity contribution in [3.63, 3.8) is 0 Å². The molecule has 0 fully saturated rings. The standard InChI is InChI=1S/C57H102O6/c1-4-7-10-13-16-19-22-25-27-28-30-32-35-38-41-44-47-50-56(59)62-53-54(52-61-55(58)49-46-43-40-37-34-31-24-21-18-15-12-9-6-3)63-57(60)51-48-45-42-39-36-33-29-26-23-20-17-14-11-8-5-2/h16,19,25,27,31,34,40,43,54H,4-15,17-18,20-24,26,28-30,32-33,35-39,41-42,44-53H2,1-3H3/b19-16-,27-25-,34-31-,43-40-. The van der Waals surface area contributed by atoms with Gasteiger partial charge in [-0.15, -0.1) is 0 Å². The van der Waals surface area contributed by atoms with Crippen LogP contribution in [0.5, 0.6) is 0 Å². The van der Waals surface area contributed by atoms with Gasteiger partial charge in [-0.1, -0.05) is 236 Å². The Labute approximate surface area is 390 Å². The van der Waals surface area contributed by atoms with Crippen molar-refractivity contribution in [2.45, 2.75) is 284 Å². The van der Waals surface area contributed by atoms with E-state index in [1.165, 1.54) is 167 Å². The molecule has 6 heteroatoms. The lowest BCUT2D eigenvalue weighted by Gasteiger charge is -2.18. The molecule has 0 aliphatic heterocycles. The van der Waals surface area contributed by atoms with E-state index in [4.69, 9.17) is 14.2 Å². The molecule has 0 aliphatic rings. The molecule has 0 heterocycles. The van der Waals surface area contributed by atoms with Gasteiger partial charge in [0, 0.05) is 19.3 Å². The zero-order chi connectivity index (χ0) is 45.8. The van der Waals surface area contributed by atoms with Gasteiger partial charge in [0.25, 0.3) is 0 Å². The maximum Gasteiger partial charge on any atom is 0.306 e. The third-order valence-corrected chi connectivity index (χ3v) is 11.8. The minimum Gasteiger partial charge on any atom is -0.462 e. The monoisotopic (exact) mass is 883 g/mol. The molecule has 0 saturated heterocycles. The van der Waals surface area contributed by atoms with Crippen LogP contribution in [0.4, 0.5) is 0 Å². The summed E-state index contributed by atoms with van der Waals surface area (Å²) < 4.78 is 16.8. The summed E-state index contributed by atoms with van der Waals surface area (Å²) in [4.78, 5) is 38.0. The van der Waals surface area contributed by atoms with Crippen LogP contribution in [-0.4, -0.2) is 37.2 Å². The second kappa shape index (κ2) is 52.0. The van der Waals surface area contributed by atoms with E-state index in [0.29, 0.717) is 19.3 Å². The molecule has 1 atom stereocenters. The van der Waals surface area contributed by atoms with E-state index in [2.05, 4.69) is 63.3 Å². The Bertz CT molecular complexity index is 1110. The number of hydrogen-bond donors (Lipinski definition) is 0. The molecule has 6 nitrogen and oxygen atoms in total. The van der Waals surface area contributed by atoms with Crippen LogP contribution in [0.15, 0.2) is 48.6 Å². The van der Waals surface area contributed by atoms with E-state index in [0.717, 1.165) is 64.2 Å². The second-order valence-corrected chi connectivity index (χ2v) is 18.1. The summed E-state index contributed by atoms with van der Waals surface area (Å²) in [5.41, 5.74) is 0. The summed E-state index contributed by atoms with van der Waals surface area (Å²) in [5, 5.41) is 0. The van der Waals surface area contributed by atoms with Crippen LogP contribution in [0.3, 0.4) is 0 Å². The van der Waals surface area contributed by atoms with Crippen LogP contribution in [0.1, 0.15) is 278 Å². The molecular formula is C57H102O6. The zero-order valence-corrected chi connectivity index (χ0v) is 41.8. The Kier molecular flexibility index (Phi) is 49.8. The molecule has 366 valence electrons. The molecule has 0 aromatic heterocycles. The van der Waals surface area contributed by atoms with Gasteiger partial charge in [-0.3, -0.25) is 14.4 Å². The SMILES string of the molecule is CCCCC/C=C\C/C=C\CCCCCCCCCC(=O)OCC(COC(=O)CC/C=C\C/C=C\CCCCCCCC)OC(=O)CCCCCCCCCCCCCCCCC. The predicted molar refractivity (Wildman–Crippen MR) is 270 cm³/mol. The highest BCUT2D eigenvalue weighted by atomic mass is 16.6. The first kappa shape index (κ1) is 60.4. The van der Waals surface area contributed by atoms with Gasteiger partial charge in [-0.2, -0.15) is 0 Å². The molecule has 0 radical (unpaired) electrons. The number of hydrogen-bond acceptors (Lipinski definition) is 6. The third kappa shape index (κ3) is 50.2. The summed E-state index contributed by atoms with van der Waals surface area (Å²) in [7, 11) is 0. The van der Waals surface area contributed by atoms with E-state index in [-0.39, 0.29) is 37.5 Å². The van der Waals surface area contributed by atoms with Crippen LogP contribution >= 0.6 is 0 Å². The van der Waals surface area contributed by atoms with Gasteiger partial charge >= 0.3 is 17.9 Å². The largest absolute Gasteiger partial charge is 0.462 e. The quantitative estimate of drug-likeness (QED) is 0.0262. The molecule has 0 saturated carbocycles. The summed E-state index contributed by atoms with van der Waals surface area (Å²) in [6.07, 6.45) is 62.5. The highest BCUT2D eigenvalue weighted by Crippen LogP contribution is 2.15. The highest BCUT2D eigenvalue weighted by molar-refractivity contribution is 5.71. The fourth-order valence-corrected chi connectivity index (χ4v) is 7.70. The maximum absolute atomic E-state index is 12.8. The van der Waals surface area contributed by atoms with Crippen LogP contribution < -0.4 is 0 Å². The first-order valence-electron chi connectivity index (χ1n) is 27.1. The lowest BCUT2D eigenvalue weighted by atomic mass is 10.0. The van der Waals surface area contributed by atoms with Gasteiger partial charge < -0.3 is 14.2 Å². The van der Waals surface area contributed by atoms with E-state index in [1.807, 2.05) is 6.08 Å². The number of ether oxygens (including phenoxy) is 3. The topological polar surface area (TPSA) is 78.9 Å². The number of carbonyl (C=O) groups is 3. The van der Waals surface area contributed by atoms with Gasteiger partial charge in [-0.05, 0) is 70.6 Å². The zero-order valence-electron chi connectivity index (χ0n) is 41.8. The second-order valence-electron chi connectivity index (χ2n) is 18.1. The van der Waals surface area contributed by atoms with Crippen molar-refractivity contribution in [2.75, 3.05) is 13.2 Å². The van der Waals surface area contributed by atoms with Crippen molar-refractivity contribution in [2.24, 2.45) is 0 Å². The molecule has 0 aromatic carbocycles. The van der Waals surface area contributed by atoms with Crippen molar-refractivity contribution in [1.82, 2.24) is 0 Å². The summed E-state index contributed by atoms with van der Waals surface area (Å²) in [6.45, 7) is 6.57. The molecule has 0 bridgehead atoms. The van der Waals surface area contributed by atoms with Crippen LogP contribution in [0.25, 0.3) is 0 Å². The van der Waals surface area contributed by atoms with E-state index in [1.54, 1.807) is 0 Å². The first-order chi connectivity index (χ1) is 31.0. The summed E-state index contributed by atoms with van der Waals surface area (Å²) in [5.74, 6) is -0.959. The van der Waals surface area contributed by atoms with E-state index < -0.39 is 6.10 Å². The van der Waals surface area contributed by atoms with Crippen molar-refractivity contribution in [3.05, 3.63) is 48.6 Å². The van der Waals surface area contributed by atoms with E-state index in [9.17, 15) is 14.4 Å². The lowest BCUT2D eigenvalue weighted by Crippen LogP contribution is -2.30. The minimum atomic E-state index is -0.795. The van der Waals surface area contributed by atoms with Crippen LogP contribution in [0, 0.1) is 0 Å². The normalized spacial score (nSPS) is 12.4. The Balaban J connectivity index is 4.41. The lowest BCUT2D eigenvalue weighted by molar-refractivity contribution is -0.166. The Morgan fingerprint density at radius 1 is 0.317 bits per heavy atom. The van der Waals surface area contributed by atoms with Crippen molar-refractivity contribution >= 4 is 17.9 Å². The number of rotatable bonds is 49. The number of carbonyl (C=O) groups excluding carboxylic acids is 3. The number of allylic oxidation sites excluding steroid dienone is 8. The predicted octanol–water partition coefficient (Wildman–Crippen LogP) is 17.9. The highest BCUT2D eigenvalue weighted by Gasteiger charge is 2.19. The average molecular weight is 883 g/mol. The van der Waals surface area contributed by atoms with Crippen molar-refractivity contribution in [1.29, 1.82) is 0 Å². The van der Waals surface area contributed by atoms with Crippen molar-refractivity contribution < 1.29 is 28.6 Å². The fourth-order valence-electron chi connectivity index (χ4n) is 7.70. The molecule has 1 unspecified atom stereocenters. The van der Waals surface area contributed by atoms with Crippen LogP contribution in [0.2, 0.25) is 0 Å². The molecule has 0 amide bonds. The van der Waals surface area contributed by atoms with Gasteiger partial charge in [0.05, 0.1) is 0 Å². The summed E-state index contributed by atoms with van der Waals surface area (Å²) >= 11 is 0. The van der Waals surface area contributed by atoms with Gasteiger partial charge in [0.2, 0.25) is 0 Å². The fraction of sp³-hybridized carbons (Fsp3) is 0.807. The number of unbranched alkanes of at least 4 members (excludes halogenated alkanes) is 30. The maximum atomic E-state index is 12.8. The minimum absolute atomic E-state index is 0.0919. The van der Waals surface area contributed by atoms with Crippen LogP contribution in [-0.2, 0) is 28.6 Å². The third-order valence-electron chi connectivity index (χ3n) is 11.8. The molecule has 0 spiro atoms. The molecular weight excluding hydrogens is 781 g/mol. The average Bonchev–Trinajstić information content (AvgIpc) is 3.28. The van der Waals surface area contributed by atoms with Gasteiger partial charge in [0.15, 0.2) is 6.10 Å². The van der Waals surface area contributed by atoms with Gasteiger partial charge in [-0.25, -0.2) is 0 Å². The Hall–Kier alpha value is -2.63. The van der Waals surface area contributed by atoms with Gasteiger partial charge in [0.1, 0.15) is 13.2 Å². The molecule has 0 aliphatic carbocycles. The number of esters is 3. The molecule has 0 N–H and O–H groups in total. The molecule has 63 heavy (non-hydrogen) atoms. The Morgan fingerprint density at radius 3 is 1.00 bits per heavy atom.